The minimum Gasteiger partial charge on any atom is -0.495 e. The average molecular weight is 374 g/mol. The van der Waals surface area contributed by atoms with Crippen molar-refractivity contribution in [3.8, 4) is 5.75 Å². The first-order valence-electron chi connectivity index (χ1n) is 8.41. The van der Waals surface area contributed by atoms with E-state index in [1.165, 1.54) is 7.11 Å². The number of rotatable bonds is 4. The second kappa shape index (κ2) is 7.74. The SMILES string of the molecule is COc1cc(Cl)c(C)cc1NC(=O)c1cccc(C(=O)N2CCCC2)n1. The molecule has 1 aliphatic rings. The van der Waals surface area contributed by atoms with Gasteiger partial charge in [-0.2, -0.15) is 0 Å². The molecule has 0 atom stereocenters. The summed E-state index contributed by atoms with van der Waals surface area (Å²) in [5.74, 6) is -0.101. The molecule has 1 N–H and O–H groups in total. The van der Waals surface area contributed by atoms with Crippen molar-refractivity contribution >= 4 is 29.1 Å². The maximum Gasteiger partial charge on any atom is 0.274 e. The molecule has 0 aliphatic carbocycles. The van der Waals surface area contributed by atoms with Crippen LogP contribution in [0.15, 0.2) is 30.3 Å². The molecule has 0 saturated carbocycles. The molecule has 2 aromatic rings. The molecule has 1 saturated heterocycles. The smallest absolute Gasteiger partial charge is 0.274 e. The number of pyridine rings is 1. The average Bonchev–Trinajstić information content (AvgIpc) is 3.18. The molecular weight excluding hydrogens is 354 g/mol. The number of nitrogens with zero attached hydrogens (tertiary/aromatic N) is 2. The summed E-state index contributed by atoms with van der Waals surface area (Å²) in [5.41, 5.74) is 1.76. The highest BCUT2D eigenvalue weighted by Crippen LogP contribution is 2.31. The third-order valence-electron chi connectivity index (χ3n) is 4.32. The van der Waals surface area contributed by atoms with Crippen molar-refractivity contribution in [1.29, 1.82) is 0 Å². The van der Waals surface area contributed by atoms with Gasteiger partial charge in [0.1, 0.15) is 17.1 Å². The number of methoxy groups -OCH3 is 1. The zero-order valence-corrected chi connectivity index (χ0v) is 15.5. The lowest BCUT2D eigenvalue weighted by atomic mass is 10.2. The quantitative estimate of drug-likeness (QED) is 0.889. The van der Waals surface area contributed by atoms with Gasteiger partial charge in [0.15, 0.2) is 0 Å². The van der Waals surface area contributed by atoms with Crippen LogP contribution in [0.25, 0.3) is 0 Å². The number of carbonyl (C=O) groups is 2. The highest BCUT2D eigenvalue weighted by atomic mass is 35.5. The van der Waals surface area contributed by atoms with Crippen molar-refractivity contribution in [2.24, 2.45) is 0 Å². The largest absolute Gasteiger partial charge is 0.495 e. The van der Waals surface area contributed by atoms with Crippen LogP contribution in [-0.4, -0.2) is 41.9 Å². The van der Waals surface area contributed by atoms with E-state index in [4.69, 9.17) is 16.3 Å². The predicted molar refractivity (Wildman–Crippen MR) is 100 cm³/mol. The van der Waals surface area contributed by atoms with Crippen LogP contribution in [0.2, 0.25) is 5.02 Å². The maximum atomic E-state index is 12.6. The number of amides is 2. The summed E-state index contributed by atoms with van der Waals surface area (Å²) in [6.45, 7) is 3.31. The van der Waals surface area contributed by atoms with Crippen LogP contribution >= 0.6 is 11.6 Å². The second-order valence-corrected chi connectivity index (χ2v) is 6.57. The highest BCUT2D eigenvalue weighted by Gasteiger charge is 2.21. The van der Waals surface area contributed by atoms with E-state index in [0.717, 1.165) is 31.5 Å². The van der Waals surface area contributed by atoms with E-state index in [1.54, 1.807) is 35.2 Å². The van der Waals surface area contributed by atoms with Gasteiger partial charge in [-0.15, -0.1) is 0 Å². The number of aryl methyl sites for hydroxylation is 1. The lowest BCUT2D eigenvalue weighted by Gasteiger charge is -2.15. The maximum absolute atomic E-state index is 12.6. The van der Waals surface area contributed by atoms with Crippen molar-refractivity contribution in [2.75, 3.05) is 25.5 Å². The van der Waals surface area contributed by atoms with E-state index in [2.05, 4.69) is 10.3 Å². The number of likely N-dealkylation sites (tertiary alicyclic amines) is 1. The van der Waals surface area contributed by atoms with Gasteiger partial charge in [0.25, 0.3) is 11.8 Å². The Bertz CT molecular complexity index is 848. The molecule has 0 spiro atoms. The first-order valence-corrected chi connectivity index (χ1v) is 8.79. The molecule has 0 unspecified atom stereocenters. The molecule has 0 bridgehead atoms. The Hall–Kier alpha value is -2.60. The Balaban J connectivity index is 1.81. The number of benzene rings is 1. The number of carbonyl (C=O) groups excluding carboxylic acids is 2. The first-order chi connectivity index (χ1) is 12.5. The fourth-order valence-electron chi connectivity index (χ4n) is 2.88. The highest BCUT2D eigenvalue weighted by molar-refractivity contribution is 6.31. The van der Waals surface area contributed by atoms with Crippen molar-refractivity contribution in [3.05, 3.63) is 52.3 Å². The molecule has 6 nitrogen and oxygen atoms in total. The van der Waals surface area contributed by atoms with Gasteiger partial charge < -0.3 is 15.0 Å². The Morgan fingerprint density at radius 3 is 2.58 bits per heavy atom. The summed E-state index contributed by atoms with van der Waals surface area (Å²) in [7, 11) is 1.50. The van der Waals surface area contributed by atoms with E-state index in [1.807, 2.05) is 6.92 Å². The van der Waals surface area contributed by atoms with Gasteiger partial charge in [-0.3, -0.25) is 9.59 Å². The minimum atomic E-state index is -0.416. The van der Waals surface area contributed by atoms with E-state index in [-0.39, 0.29) is 17.3 Å². The summed E-state index contributed by atoms with van der Waals surface area (Å²) in [6, 6.07) is 8.25. The standard InChI is InChI=1S/C19H20ClN3O3/c1-12-10-16(17(26-2)11-13(12)20)22-18(24)14-6-5-7-15(21-14)19(25)23-8-3-4-9-23/h5-7,10-11H,3-4,8-9H2,1-2H3,(H,22,24). The summed E-state index contributed by atoms with van der Waals surface area (Å²) >= 11 is 6.09. The van der Waals surface area contributed by atoms with Gasteiger partial charge in [0.05, 0.1) is 12.8 Å². The molecule has 1 aromatic carbocycles. The summed E-state index contributed by atoms with van der Waals surface area (Å²) in [5, 5.41) is 3.32. The zero-order valence-electron chi connectivity index (χ0n) is 14.7. The molecular formula is C19H20ClN3O3. The summed E-state index contributed by atoms with van der Waals surface area (Å²) in [6.07, 6.45) is 2.00. The van der Waals surface area contributed by atoms with Crippen LogP contribution in [0.5, 0.6) is 5.75 Å². The molecule has 1 fully saturated rings. The third kappa shape index (κ3) is 3.80. The van der Waals surface area contributed by atoms with Gasteiger partial charge >= 0.3 is 0 Å². The molecule has 2 heterocycles. The zero-order chi connectivity index (χ0) is 18.7. The monoisotopic (exact) mass is 373 g/mol. The number of hydrogen-bond acceptors (Lipinski definition) is 4. The number of ether oxygens (including phenoxy) is 1. The fraction of sp³-hybridized carbons (Fsp3) is 0.316. The van der Waals surface area contributed by atoms with E-state index in [0.29, 0.717) is 16.5 Å². The van der Waals surface area contributed by atoms with Crippen LogP contribution in [0.3, 0.4) is 0 Å². The number of aromatic nitrogens is 1. The molecule has 26 heavy (non-hydrogen) atoms. The van der Waals surface area contributed by atoms with Crippen LogP contribution in [-0.2, 0) is 0 Å². The molecule has 7 heteroatoms. The molecule has 2 amide bonds. The molecule has 0 radical (unpaired) electrons. The van der Waals surface area contributed by atoms with Crippen LogP contribution in [0.1, 0.15) is 39.4 Å². The second-order valence-electron chi connectivity index (χ2n) is 6.16. The predicted octanol–water partition coefficient (Wildman–Crippen LogP) is 3.54. The number of nitrogens with one attached hydrogen (secondary N) is 1. The normalized spacial score (nSPS) is 13.6. The van der Waals surface area contributed by atoms with E-state index in [9.17, 15) is 9.59 Å². The Morgan fingerprint density at radius 2 is 1.88 bits per heavy atom. The molecule has 1 aliphatic heterocycles. The van der Waals surface area contributed by atoms with E-state index >= 15 is 0 Å². The van der Waals surface area contributed by atoms with Crippen LogP contribution in [0.4, 0.5) is 5.69 Å². The van der Waals surface area contributed by atoms with Crippen molar-refractivity contribution in [3.63, 3.8) is 0 Å². The minimum absolute atomic E-state index is 0.142. The molecule has 3 rings (SSSR count). The van der Waals surface area contributed by atoms with Gasteiger partial charge in [0.2, 0.25) is 0 Å². The topological polar surface area (TPSA) is 71.5 Å². The molecule has 136 valence electrons. The molecule has 1 aromatic heterocycles. The van der Waals surface area contributed by atoms with E-state index < -0.39 is 5.91 Å². The van der Waals surface area contributed by atoms with Gasteiger partial charge in [-0.1, -0.05) is 17.7 Å². The fourth-order valence-corrected chi connectivity index (χ4v) is 3.03. The Labute approximate surface area is 157 Å². The van der Waals surface area contributed by atoms with Gasteiger partial charge in [0, 0.05) is 24.2 Å². The Kier molecular flexibility index (Phi) is 5.42. The van der Waals surface area contributed by atoms with Crippen LogP contribution in [0, 0.1) is 6.92 Å². The number of hydrogen-bond donors (Lipinski definition) is 1. The lowest BCUT2D eigenvalue weighted by molar-refractivity contribution is 0.0787. The van der Waals surface area contributed by atoms with Crippen molar-refractivity contribution < 1.29 is 14.3 Å². The lowest BCUT2D eigenvalue weighted by Crippen LogP contribution is -2.29. The van der Waals surface area contributed by atoms with Crippen molar-refractivity contribution in [2.45, 2.75) is 19.8 Å². The Morgan fingerprint density at radius 1 is 1.19 bits per heavy atom. The first kappa shape index (κ1) is 18.2. The van der Waals surface area contributed by atoms with Crippen LogP contribution < -0.4 is 10.1 Å². The summed E-state index contributed by atoms with van der Waals surface area (Å²) in [4.78, 5) is 31.0. The third-order valence-corrected chi connectivity index (χ3v) is 4.73. The van der Waals surface area contributed by atoms with Crippen molar-refractivity contribution in [1.82, 2.24) is 9.88 Å². The number of halogens is 1. The number of anilines is 1. The summed E-state index contributed by atoms with van der Waals surface area (Å²) < 4.78 is 5.27. The van der Waals surface area contributed by atoms with Gasteiger partial charge in [-0.05, 0) is 43.5 Å². The van der Waals surface area contributed by atoms with Gasteiger partial charge in [-0.25, -0.2) is 4.98 Å².